The van der Waals surface area contributed by atoms with Crippen LogP contribution in [-0.2, 0) is 0 Å². The molecule has 0 unspecified atom stereocenters. The van der Waals surface area contributed by atoms with E-state index in [-0.39, 0.29) is 5.91 Å². The Hall–Kier alpha value is -1.39. The lowest BCUT2D eigenvalue weighted by atomic mass is 10.1. The number of benzene rings is 1. The quantitative estimate of drug-likeness (QED) is 0.883. The monoisotopic (exact) mass is 338 g/mol. The molecule has 0 spiro atoms. The van der Waals surface area contributed by atoms with Crippen LogP contribution < -0.4 is 5.32 Å². The number of carbonyl (C=O) groups is 1. The van der Waals surface area contributed by atoms with E-state index in [1.807, 2.05) is 26.0 Å². The molecule has 0 atom stereocenters. The zero-order chi connectivity index (χ0) is 14.0. The van der Waals surface area contributed by atoms with Crippen LogP contribution in [0.2, 0.25) is 5.02 Å². The number of amides is 1. The summed E-state index contributed by atoms with van der Waals surface area (Å²) in [6, 6.07) is 5.50. The van der Waals surface area contributed by atoms with Gasteiger partial charge < -0.3 is 5.32 Å². The molecule has 0 aliphatic rings. The van der Waals surface area contributed by atoms with Crippen molar-refractivity contribution in [1.29, 1.82) is 0 Å². The summed E-state index contributed by atoms with van der Waals surface area (Å²) < 4.78 is 0.986. The summed E-state index contributed by atoms with van der Waals surface area (Å²) >= 11 is 9.41. The maximum atomic E-state index is 12.2. The number of hydrogen-bond acceptors (Lipinski definition) is 2. The zero-order valence-corrected chi connectivity index (χ0v) is 12.8. The van der Waals surface area contributed by atoms with Gasteiger partial charge in [-0.1, -0.05) is 27.5 Å². The van der Waals surface area contributed by atoms with Crippen LogP contribution in [0.15, 0.2) is 35.1 Å². The number of rotatable bonds is 2. The first-order chi connectivity index (χ1) is 8.99. The molecule has 1 aromatic heterocycles. The minimum atomic E-state index is -0.258. The third kappa shape index (κ3) is 3.14. The minimum Gasteiger partial charge on any atom is -0.321 e. The molecule has 0 saturated carbocycles. The van der Waals surface area contributed by atoms with Crippen molar-refractivity contribution in [2.24, 2.45) is 0 Å². The summed E-state index contributed by atoms with van der Waals surface area (Å²) in [4.78, 5) is 16.1. The van der Waals surface area contributed by atoms with Gasteiger partial charge in [-0.05, 0) is 43.2 Å². The Balaban J connectivity index is 2.32. The Morgan fingerprint density at radius 2 is 1.95 bits per heavy atom. The molecule has 0 radical (unpaired) electrons. The third-order valence-electron chi connectivity index (χ3n) is 2.75. The predicted octanol–water partition coefficient (Wildman–Crippen LogP) is 4.37. The molecular formula is C14H12BrClN2O. The molecule has 1 N–H and O–H groups in total. The van der Waals surface area contributed by atoms with Crippen LogP contribution in [0.3, 0.4) is 0 Å². The van der Waals surface area contributed by atoms with E-state index in [4.69, 9.17) is 11.6 Å². The van der Waals surface area contributed by atoms with Crippen molar-refractivity contribution in [3.8, 4) is 0 Å². The molecular weight excluding hydrogens is 328 g/mol. The summed E-state index contributed by atoms with van der Waals surface area (Å²) in [6.45, 7) is 3.89. The molecule has 2 aromatic rings. The molecule has 1 heterocycles. The molecule has 1 aromatic carbocycles. The Kier molecular flexibility index (Phi) is 4.22. The van der Waals surface area contributed by atoms with Gasteiger partial charge in [0.2, 0.25) is 0 Å². The molecule has 0 saturated heterocycles. The number of halogens is 2. The van der Waals surface area contributed by atoms with E-state index < -0.39 is 0 Å². The lowest BCUT2D eigenvalue weighted by Gasteiger charge is -2.12. The molecule has 98 valence electrons. The molecule has 2 rings (SSSR count). The fraction of sp³-hybridized carbons (Fsp3) is 0.143. The number of hydrogen-bond donors (Lipinski definition) is 1. The number of aromatic nitrogens is 1. The highest BCUT2D eigenvalue weighted by atomic mass is 79.9. The summed E-state index contributed by atoms with van der Waals surface area (Å²) in [5.41, 5.74) is 3.14. The fourth-order valence-electron chi connectivity index (χ4n) is 1.83. The van der Waals surface area contributed by atoms with Gasteiger partial charge in [0.05, 0.1) is 10.6 Å². The topological polar surface area (TPSA) is 42.0 Å². The standard InChI is InChI=1S/C14H12BrClN2O/c1-8-5-10(15)6-9(2)13(8)18-14(19)11-7-17-4-3-12(11)16/h3-7H,1-2H3,(H,18,19). The van der Waals surface area contributed by atoms with Crippen LogP contribution in [0.1, 0.15) is 21.5 Å². The maximum absolute atomic E-state index is 12.2. The Labute approximate surface area is 125 Å². The average Bonchev–Trinajstić information content (AvgIpc) is 2.34. The summed E-state index contributed by atoms with van der Waals surface area (Å²) in [5, 5.41) is 3.27. The van der Waals surface area contributed by atoms with Crippen molar-refractivity contribution in [3.05, 3.63) is 56.8 Å². The first kappa shape index (κ1) is 14.0. The van der Waals surface area contributed by atoms with Gasteiger partial charge in [0.25, 0.3) is 5.91 Å². The first-order valence-corrected chi connectivity index (χ1v) is 6.83. The zero-order valence-electron chi connectivity index (χ0n) is 10.5. The summed E-state index contributed by atoms with van der Waals surface area (Å²) in [7, 11) is 0. The Bertz CT molecular complexity index is 620. The van der Waals surface area contributed by atoms with Gasteiger partial charge in [-0.25, -0.2) is 0 Å². The minimum absolute atomic E-state index is 0.258. The number of nitrogens with zero attached hydrogens (tertiary/aromatic N) is 1. The van der Waals surface area contributed by atoms with Gasteiger partial charge in [-0.3, -0.25) is 9.78 Å². The van der Waals surface area contributed by atoms with E-state index in [2.05, 4.69) is 26.2 Å². The predicted molar refractivity (Wildman–Crippen MR) is 80.8 cm³/mol. The smallest absolute Gasteiger partial charge is 0.258 e. The fourth-order valence-corrected chi connectivity index (χ4v) is 2.71. The van der Waals surface area contributed by atoms with Crippen molar-refractivity contribution >= 4 is 39.1 Å². The van der Waals surface area contributed by atoms with E-state index >= 15 is 0 Å². The maximum Gasteiger partial charge on any atom is 0.258 e. The van der Waals surface area contributed by atoms with E-state index in [0.29, 0.717) is 10.6 Å². The molecule has 0 bridgehead atoms. The molecule has 19 heavy (non-hydrogen) atoms. The van der Waals surface area contributed by atoms with Crippen molar-refractivity contribution in [2.45, 2.75) is 13.8 Å². The third-order valence-corrected chi connectivity index (χ3v) is 3.54. The Morgan fingerprint density at radius 1 is 1.32 bits per heavy atom. The van der Waals surface area contributed by atoms with Crippen molar-refractivity contribution in [2.75, 3.05) is 5.32 Å². The first-order valence-electron chi connectivity index (χ1n) is 5.66. The molecule has 5 heteroatoms. The van der Waals surface area contributed by atoms with Crippen LogP contribution in [0, 0.1) is 13.8 Å². The number of anilines is 1. The van der Waals surface area contributed by atoms with Crippen LogP contribution in [0.5, 0.6) is 0 Å². The van der Waals surface area contributed by atoms with Crippen molar-refractivity contribution < 1.29 is 4.79 Å². The van der Waals surface area contributed by atoms with E-state index in [1.54, 1.807) is 12.3 Å². The second kappa shape index (κ2) is 5.72. The highest BCUT2D eigenvalue weighted by Gasteiger charge is 2.13. The van der Waals surface area contributed by atoms with Crippen LogP contribution >= 0.6 is 27.5 Å². The SMILES string of the molecule is Cc1cc(Br)cc(C)c1NC(=O)c1cnccc1Cl. The van der Waals surface area contributed by atoms with Gasteiger partial charge in [0.1, 0.15) is 0 Å². The van der Waals surface area contributed by atoms with Crippen LogP contribution in [0.25, 0.3) is 0 Å². The molecule has 0 fully saturated rings. The van der Waals surface area contributed by atoms with E-state index in [9.17, 15) is 4.79 Å². The second-order valence-corrected chi connectivity index (χ2v) is 5.55. The molecule has 0 aliphatic heterocycles. The van der Waals surface area contributed by atoms with Gasteiger partial charge in [0.15, 0.2) is 0 Å². The average molecular weight is 340 g/mol. The van der Waals surface area contributed by atoms with E-state index in [1.165, 1.54) is 6.20 Å². The van der Waals surface area contributed by atoms with Gasteiger partial charge >= 0.3 is 0 Å². The lowest BCUT2D eigenvalue weighted by molar-refractivity contribution is 0.102. The number of nitrogens with one attached hydrogen (secondary N) is 1. The van der Waals surface area contributed by atoms with Crippen LogP contribution in [0.4, 0.5) is 5.69 Å². The van der Waals surface area contributed by atoms with Gasteiger partial charge in [-0.15, -0.1) is 0 Å². The van der Waals surface area contributed by atoms with Crippen molar-refractivity contribution in [1.82, 2.24) is 4.98 Å². The van der Waals surface area contributed by atoms with Crippen molar-refractivity contribution in [3.63, 3.8) is 0 Å². The van der Waals surface area contributed by atoms with Crippen LogP contribution in [-0.4, -0.2) is 10.9 Å². The highest BCUT2D eigenvalue weighted by molar-refractivity contribution is 9.10. The Morgan fingerprint density at radius 3 is 2.53 bits per heavy atom. The number of carbonyl (C=O) groups excluding carboxylic acids is 1. The molecule has 0 aliphatic carbocycles. The van der Waals surface area contributed by atoms with E-state index in [0.717, 1.165) is 21.3 Å². The summed E-state index contributed by atoms with van der Waals surface area (Å²) in [5.74, 6) is -0.258. The second-order valence-electron chi connectivity index (χ2n) is 4.22. The largest absolute Gasteiger partial charge is 0.321 e. The van der Waals surface area contributed by atoms with Gasteiger partial charge in [-0.2, -0.15) is 0 Å². The lowest BCUT2D eigenvalue weighted by Crippen LogP contribution is -2.14. The normalized spacial score (nSPS) is 10.3. The number of aryl methyl sites for hydroxylation is 2. The number of pyridine rings is 1. The summed E-state index contributed by atoms with van der Waals surface area (Å²) in [6.07, 6.45) is 3.01. The highest BCUT2D eigenvalue weighted by Crippen LogP contribution is 2.26. The van der Waals surface area contributed by atoms with Gasteiger partial charge in [0, 0.05) is 22.6 Å². The molecule has 3 nitrogen and oxygen atoms in total. The molecule has 1 amide bonds.